The van der Waals surface area contributed by atoms with Crippen molar-refractivity contribution in [2.24, 2.45) is 29.6 Å². The Hall–Kier alpha value is -1.15. The zero-order chi connectivity index (χ0) is 92.9. The van der Waals surface area contributed by atoms with Crippen molar-refractivity contribution in [1.82, 2.24) is 4.90 Å². The predicted molar refractivity (Wildman–Crippen MR) is 561 cm³/mol. The second-order valence-electron chi connectivity index (χ2n) is 33.8. The highest BCUT2D eigenvalue weighted by Crippen LogP contribution is 2.49. The van der Waals surface area contributed by atoms with Crippen LogP contribution in [0.5, 0.6) is 0 Å². The van der Waals surface area contributed by atoms with Crippen molar-refractivity contribution in [2.75, 3.05) is 45.7 Å². The van der Waals surface area contributed by atoms with Crippen molar-refractivity contribution in [3.05, 3.63) is 230 Å². The van der Waals surface area contributed by atoms with Gasteiger partial charge in [-0.15, -0.1) is 95.0 Å². The molecule has 8 saturated carbocycles. The number of thiol groups is 1. The summed E-state index contributed by atoms with van der Waals surface area (Å²) in [6.07, 6.45) is 23.4. The van der Waals surface area contributed by atoms with E-state index in [4.69, 9.17) is 107 Å². The van der Waals surface area contributed by atoms with Crippen LogP contribution in [-0.2, 0) is 14.3 Å². The monoisotopic (exact) mass is 2200 g/mol. The third-order valence-corrected chi connectivity index (χ3v) is 36.8. The molecule has 5 N–H and O–H groups in total. The van der Waals surface area contributed by atoms with E-state index >= 15 is 0 Å². The number of aliphatic hydroxyl groups is 5. The van der Waals surface area contributed by atoms with E-state index in [1.807, 2.05) is 201 Å². The minimum absolute atomic E-state index is 0.0304. The average Bonchev–Trinajstić information content (AvgIpc) is 1.75. The number of alkyl halides is 1. The molecule has 700 valence electrons. The first kappa shape index (κ1) is 110. The maximum atomic E-state index is 12.0. The molecule has 0 bridgehead atoms. The first-order valence-electron chi connectivity index (χ1n) is 43.9. The Morgan fingerprint density at radius 1 is 0.422 bits per heavy atom. The third kappa shape index (κ3) is 41.9. The number of likely N-dealkylation sites (tertiary alicyclic amines) is 1. The Labute approximate surface area is 852 Å². The Morgan fingerprint density at radius 2 is 0.734 bits per heavy atom. The summed E-state index contributed by atoms with van der Waals surface area (Å²) in [5.41, 5.74) is 3.72. The van der Waals surface area contributed by atoms with E-state index in [1.165, 1.54) is 138 Å². The number of aliphatic hydroxyl groups excluding tert-OH is 5. The average molecular weight is 2200 g/mol. The molecule has 8 atom stereocenters. The van der Waals surface area contributed by atoms with Crippen molar-refractivity contribution in [2.45, 2.75) is 263 Å². The third-order valence-electron chi connectivity index (χ3n) is 21.1. The van der Waals surface area contributed by atoms with Crippen molar-refractivity contribution in [3.8, 4) is 0 Å². The van der Waals surface area contributed by atoms with Gasteiger partial charge in [-0.1, -0.05) is 221 Å². The number of nitrogens with zero attached hydrogens (tertiary/aromatic N) is 1. The fourth-order valence-electron chi connectivity index (χ4n) is 11.8. The highest BCUT2D eigenvalue weighted by Gasteiger charge is 2.32. The van der Waals surface area contributed by atoms with Gasteiger partial charge < -0.3 is 30.4 Å². The predicted octanol–water partition coefficient (Wildman–Crippen LogP) is 31.2. The number of carbonyl (C=O) groups is 2. The zero-order valence-electron chi connectivity index (χ0n) is 73.1. The Kier molecular flexibility index (Phi) is 48.5. The topological polar surface area (TPSA) is 182 Å². The summed E-state index contributed by atoms with van der Waals surface area (Å²) in [6, 6.07) is 49.9. The molecule has 1 saturated heterocycles. The molecule has 9 fully saturated rings. The van der Waals surface area contributed by atoms with Gasteiger partial charge in [-0.25, -0.2) is 0 Å². The minimum Gasteiger partial charge on any atom is -0.396 e. The van der Waals surface area contributed by atoms with Crippen LogP contribution in [0.3, 0.4) is 0 Å². The molecule has 0 radical (unpaired) electrons. The van der Waals surface area contributed by atoms with Crippen molar-refractivity contribution in [1.29, 1.82) is 0 Å². The molecule has 0 amide bonds. The number of hydrogen-bond acceptors (Lipinski definition) is 19. The van der Waals surface area contributed by atoms with E-state index in [0.29, 0.717) is 41.7 Å². The van der Waals surface area contributed by atoms with Crippen LogP contribution in [0.25, 0.3) is 0 Å². The standard InChI is InChI=1S/C17H24ClNOS.C14H19ClO4S2.C14H17ClOS.C13H17ClO2S.C13H15ClO2S.C9H8BrClS.C9H9ClS.C6H5ClS.C3H5Br/c1-12(11-19-8-2-3-9-19)17(20)13-4-7-16(15(18)10-13)21-14-5-6-14;1-9(8-19-21(2,17)18)14(16)10-3-6-13(12(15)7-10)20-11-4-5-11;1-3-9(2)14(16)10-4-7-13(12(15)8-10)17-11-5-6-11;2*1-8(7-15)13(16)9-2-5-12(11(14)6-9)17-10-3-4-10;10-6-1-4-9(8(11)5-6)12-7-2-3-7;10-8-3-1-2-4-9(8)11-7-5-6-7;7-5-3-1-2-4-6(5)8;4-3-1-2-3/h4,7,10,12,14,17,20H,2-3,5-6,8-9,11H2,1H3;3,6-7,9,11,14,16H,4-5,8H2,1-2H3;4,7-9,11H,3,5-6H2,1-2H3;2,5-6,8,10,13,15-16H,3-4,7H2,1H3;2,5-6,8,10,15H,3-4,7H2,1H3;1,4-5,7H,2-3H2;1-4,7H,5-6H2;1-4,8H;3H,1-2H2/t12-,17+;9-,14+;9-;8-,13+;8-;;;;/m11111..../s1. The summed E-state index contributed by atoms with van der Waals surface area (Å²) < 4.78 is 27.7. The van der Waals surface area contributed by atoms with Crippen LogP contribution < -0.4 is 0 Å². The number of benzene rings is 8. The number of thioether (sulfide) groups is 7. The second kappa shape index (κ2) is 56.2. The highest BCUT2D eigenvalue weighted by molar-refractivity contribution is 9.10. The fraction of sp³-hybridized carbons (Fsp3) is 0.490. The van der Waals surface area contributed by atoms with Crippen molar-refractivity contribution >= 4 is 241 Å². The SMILES string of the molecule is BrC1CC1.CC[C@@H](C)C(=O)c1ccc(SC2CC2)c(Cl)c1.C[C@H](CN1CCCC1)[C@H](O)c1ccc(SC2CC2)c(Cl)c1.C[C@H](CO)C(=O)c1ccc(SC2CC2)c(Cl)c1.C[C@H](CO)[C@H](O)c1ccc(SC2CC2)c(Cl)c1.C[C@H](COS(C)(=O)=O)[C@H](O)c1ccc(SC2CC2)c(Cl)c1.Clc1cc(Br)ccc1SC1CC1.Clc1ccccc1SC1CC1.Sc1ccccc1Cl. The van der Waals surface area contributed by atoms with E-state index in [2.05, 4.69) is 74.5 Å². The number of rotatable bonds is 32. The molecule has 0 spiro atoms. The maximum absolute atomic E-state index is 12.0. The summed E-state index contributed by atoms with van der Waals surface area (Å²) in [6.45, 7) is 14.5. The molecular formula is C98H119Br2Cl8NO10S9. The van der Waals surface area contributed by atoms with Gasteiger partial charge in [0.15, 0.2) is 11.6 Å². The lowest BCUT2D eigenvalue weighted by Crippen LogP contribution is -2.28. The number of carbonyl (C=O) groups excluding carboxylic acids is 2. The molecule has 8 aromatic carbocycles. The van der Waals surface area contributed by atoms with E-state index in [1.54, 1.807) is 55.6 Å². The van der Waals surface area contributed by atoms with Crippen molar-refractivity contribution in [3.63, 3.8) is 0 Å². The van der Waals surface area contributed by atoms with Crippen LogP contribution in [0.4, 0.5) is 0 Å². The van der Waals surface area contributed by atoms with Gasteiger partial charge in [-0.05, 0) is 261 Å². The van der Waals surface area contributed by atoms with Crippen molar-refractivity contribution < 1.29 is 47.7 Å². The molecule has 128 heavy (non-hydrogen) atoms. The van der Waals surface area contributed by atoms with Gasteiger partial charge in [0.05, 0.1) is 78.0 Å². The summed E-state index contributed by atoms with van der Waals surface area (Å²) in [5.74, 6) is -0.442. The maximum Gasteiger partial charge on any atom is 0.264 e. The van der Waals surface area contributed by atoms with Crippen LogP contribution in [-0.4, -0.2) is 138 Å². The van der Waals surface area contributed by atoms with Gasteiger partial charge >= 0.3 is 0 Å². The zero-order valence-corrected chi connectivity index (χ0v) is 89.8. The smallest absolute Gasteiger partial charge is 0.264 e. The van der Waals surface area contributed by atoms with Gasteiger partial charge in [0.1, 0.15) is 0 Å². The van der Waals surface area contributed by atoms with Gasteiger partial charge in [-0.3, -0.25) is 13.8 Å². The molecule has 8 aliphatic carbocycles. The fourth-order valence-corrected chi connectivity index (χ4v) is 22.8. The Balaban J connectivity index is 0.000000166. The van der Waals surface area contributed by atoms with Gasteiger partial charge in [0.25, 0.3) is 10.1 Å². The van der Waals surface area contributed by atoms with Gasteiger partial charge in [0.2, 0.25) is 0 Å². The number of ketones is 2. The molecule has 1 heterocycles. The largest absolute Gasteiger partial charge is 0.396 e. The van der Waals surface area contributed by atoms with Gasteiger partial charge in [-0.2, -0.15) is 8.42 Å². The van der Waals surface area contributed by atoms with Crippen LogP contribution >= 0.6 is 220 Å². The molecule has 8 aromatic rings. The quantitative estimate of drug-likeness (QED) is 0.0101. The lowest BCUT2D eigenvalue weighted by Gasteiger charge is -2.25. The second-order valence-corrected chi connectivity index (χ2v) is 50.8. The summed E-state index contributed by atoms with van der Waals surface area (Å²) in [5, 5.41) is 60.0. The van der Waals surface area contributed by atoms with Crippen LogP contribution in [0, 0.1) is 29.6 Å². The van der Waals surface area contributed by atoms with E-state index in [-0.39, 0.29) is 61.0 Å². The number of Topliss-reactive ketones (excluding diaryl/α,β-unsaturated/α-hetero) is 2. The van der Waals surface area contributed by atoms with E-state index in [9.17, 15) is 33.3 Å². The van der Waals surface area contributed by atoms with Crippen LogP contribution in [0.1, 0.15) is 219 Å². The molecule has 11 nitrogen and oxygen atoms in total. The highest BCUT2D eigenvalue weighted by atomic mass is 79.9. The summed E-state index contributed by atoms with van der Waals surface area (Å²) >= 11 is 72.5. The first-order valence-corrected chi connectivity index (χ1v) is 57.0. The van der Waals surface area contributed by atoms with Crippen LogP contribution in [0.15, 0.2) is 201 Å². The van der Waals surface area contributed by atoms with E-state index in [0.717, 1.165) is 121 Å². The molecule has 0 aromatic heterocycles. The van der Waals surface area contributed by atoms with E-state index < -0.39 is 28.4 Å². The molecule has 9 aliphatic rings. The first-order chi connectivity index (χ1) is 61.0. The number of hydrogen-bond donors (Lipinski definition) is 6. The molecular weight excluding hydrogens is 2080 g/mol. The molecule has 1 aliphatic heterocycles. The number of halogens is 10. The summed E-state index contributed by atoms with van der Waals surface area (Å²) in [7, 11) is -3.50. The molecule has 17 rings (SSSR count). The lowest BCUT2D eigenvalue weighted by atomic mass is 9.97. The summed E-state index contributed by atoms with van der Waals surface area (Å²) in [4.78, 5) is 35.9. The van der Waals surface area contributed by atoms with Crippen LogP contribution in [0.2, 0.25) is 40.2 Å². The molecule has 0 unspecified atom stereocenters. The molecule has 30 heteroatoms. The minimum atomic E-state index is -3.50. The Morgan fingerprint density at radius 3 is 1.03 bits per heavy atom. The van der Waals surface area contributed by atoms with Gasteiger partial charge in [0, 0.05) is 133 Å². The normalized spacial score (nSPS) is 18.1. The Bertz CT molecular complexity index is 4840. The lowest BCUT2D eigenvalue weighted by molar-refractivity contribution is 0.0769.